The van der Waals surface area contributed by atoms with E-state index in [1.54, 1.807) is 7.11 Å². The Morgan fingerprint density at radius 1 is 1.14 bits per heavy atom. The van der Waals surface area contributed by atoms with Gasteiger partial charge in [0.05, 0.1) is 11.7 Å². The minimum atomic E-state index is -0.897. The molecule has 0 fully saturated rings. The molecule has 6 heteroatoms. The second-order valence-electron chi connectivity index (χ2n) is 5.68. The minimum Gasteiger partial charge on any atom is -0.431 e. The average molecular weight is 322 g/mol. The van der Waals surface area contributed by atoms with E-state index in [-0.39, 0.29) is 18.1 Å². The summed E-state index contributed by atoms with van der Waals surface area (Å²) in [4.78, 5) is 0. The lowest BCUT2D eigenvalue weighted by Crippen LogP contribution is -2.28. The summed E-state index contributed by atoms with van der Waals surface area (Å²) < 4.78 is 49.6. The first-order valence-electron chi connectivity index (χ1n) is 6.84. The van der Waals surface area contributed by atoms with E-state index in [1.807, 2.05) is 27.7 Å². The van der Waals surface area contributed by atoms with Crippen molar-refractivity contribution >= 4 is 10.5 Å². The van der Waals surface area contributed by atoms with Gasteiger partial charge in [0.1, 0.15) is 27.9 Å². The van der Waals surface area contributed by atoms with E-state index in [0.717, 1.165) is 10.5 Å². The number of halogens is 3. The maximum atomic E-state index is 13.4. The number of ether oxygens (including phenoxy) is 1. The molecule has 1 aromatic rings. The lowest BCUT2D eigenvalue weighted by atomic mass is 9.97. The van der Waals surface area contributed by atoms with E-state index in [1.165, 1.54) is 0 Å². The highest BCUT2D eigenvalue weighted by molar-refractivity contribution is 5.97. The largest absolute Gasteiger partial charge is 0.431 e. The molecule has 0 bridgehead atoms. The Morgan fingerprint density at radius 3 is 1.95 bits per heavy atom. The normalized spacial score (nSPS) is 11.5. The van der Waals surface area contributed by atoms with Crippen molar-refractivity contribution in [2.75, 3.05) is 7.11 Å². The third kappa shape index (κ3) is 8.23. The molecule has 1 rings (SSSR count). The van der Waals surface area contributed by atoms with Crippen LogP contribution in [0.1, 0.15) is 39.7 Å². The maximum Gasteiger partial charge on any atom is 0.145 e. The highest BCUT2D eigenvalue weighted by Gasteiger charge is 2.22. The third-order valence-corrected chi connectivity index (χ3v) is 2.64. The van der Waals surface area contributed by atoms with E-state index in [4.69, 9.17) is 4.74 Å². The smallest absolute Gasteiger partial charge is 0.145 e. The van der Waals surface area contributed by atoms with Crippen LogP contribution in [0.2, 0.25) is 0 Å². The molecule has 0 heterocycles. The fourth-order valence-electron chi connectivity index (χ4n) is 1.93. The summed E-state index contributed by atoms with van der Waals surface area (Å²) in [6.07, 6.45) is 0.686. The van der Waals surface area contributed by atoms with Crippen LogP contribution in [-0.2, 0) is 15.6 Å². The summed E-state index contributed by atoms with van der Waals surface area (Å²) in [7, 11) is 2.56. The van der Waals surface area contributed by atoms with Crippen LogP contribution in [0.5, 0.6) is 0 Å². The first-order valence-corrected chi connectivity index (χ1v) is 7.66. The van der Waals surface area contributed by atoms with Gasteiger partial charge < -0.3 is 9.16 Å². The second-order valence-corrected chi connectivity index (χ2v) is 6.50. The molecule has 0 radical (unpaired) electrons. The third-order valence-electron chi connectivity index (χ3n) is 2.64. The van der Waals surface area contributed by atoms with Gasteiger partial charge in [-0.3, -0.25) is 0 Å². The first kappa shape index (κ1) is 20.1. The molecule has 0 unspecified atom stereocenters. The number of hydrogen-bond donors (Lipinski definition) is 0. The van der Waals surface area contributed by atoms with Crippen LogP contribution in [0, 0.1) is 17.5 Å². The summed E-state index contributed by atoms with van der Waals surface area (Å²) in [6.45, 7) is 7.54. The molecule has 0 aliphatic carbocycles. The summed E-state index contributed by atoms with van der Waals surface area (Å²) in [6, 6.07) is 1.41. The fourth-order valence-corrected chi connectivity index (χ4v) is 1.93. The molecule has 0 saturated heterocycles. The molecular formula is C15H25F3O2Si. The minimum absolute atomic E-state index is 0.0444. The van der Waals surface area contributed by atoms with E-state index in [0.29, 0.717) is 18.6 Å². The predicted octanol–water partition coefficient (Wildman–Crippen LogP) is 3.15. The van der Waals surface area contributed by atoms with Crippen molar-refractivity contribution in [2.24, 2.45) is 0 Å². The first-order chi connectivity index (χ1) is 9.62. The topological polar surface area (TPSA) is 18.5 Å². The predicted molar refractivity (Wildman–Crippen MR) is 81.9 cm³/mol. The Bertz CT molecular complexity index is 414. The van der Waals surface area contributed by atoms with Crippen molar-refractivity contribution in [3.05, 3.63) is 35.1 Å². The van der Waals surface area contributed by atoms with Gasteiger partial charge in [-0.2, -0.15) is 0 Å². The fraction of sp³-hybridized carbons (Fsp3) is 0.600. The van der Waals surface area contributed by atoms with E-state index < -0.39 is 23.1 Å². The Balaban J connectivity index is 0.00000122. The molecule has 0 saturated carbocycles. The van der Waals surface area contributed by atoms with Gasteiger partial charge in [0.2, 0.25) is 0 Å². The van der Waals surface area contributed by atoms with Gasteiger partial charge in [-0.05, 0) is 40.5 Å². The Hall–Kier alpha value is -0.853. The highest BCUT2D eigenvalue weighted by Crippen LogP contribution is 2.23. The molecule has 0 aliphatic heterocycles. The SMILES string of the molecule is CC(C)OC(C)(C)CCc1c(F)cc(F)cc1F.CO[SiH3]. The van der Waals surface area contributed by atoms with Gasteiger partial charge in [-0.1, -0.05) is 0 Å². The van der Waals surface area contributed by atoms with Crippen molar-refractivity contribution < 1.29 is 22.3 Å². The highest BCUT2D eigenvalue weighted by atomic mass is 28.2. The summed E-state index contributed by atoms with van der Waals surface area (Å²) >= 11 is 0. The van der Waals surface area contributed by atoms with Crippen molar-refractivity contribution in [2.45, 2.75) is 52.2 Å². The molecule has 0 spiro atoms. The van der Waals surface area contributed by atoms with Crippen molar-refractivity contribution in [1.29, 1.82) is 0 Å². The molecule has 21 heavy (non-hydrogen) atoms. The lowest BCUT2D eigenvalue weighted by Gasteiger charge is -2.28. The molecule has 0 amide bonds. The Labute approximate surface area is 128 Å². The van der Waals surface area contributed by atoms with Crippen LogP contribution in [0.3, 0.4) is 0 Å². The van der Waals surface area contributed by atoms with Crippen LogP contribution in [-0.4, -0.2) is 29.3 Å². The average Bonchev–Trinajstić information content (AvgIpc) is 2.26. The van der Waals surface area contributed by atoms with Gasteiger partial charge in [-0.25, -0.2) is 13.2 Å². The van der Waals surface area contributed by atoms with Crippen molar-refractivity contribution in [1.82, 2.24) is 0 Å². The lowest BCUT2D eigenvalue weighted by molar-refractivity contribution is -0.0601. The Morgan fingerprint density at radius 2 is 1.57 bits per heavy atom. The van der Waals surface area contributed by atoms with E-state index >= 15 is 0 Å². The van der Waals surface area contributed by atoms with Gasteiger partial charge in [0, 0.05) is 24.8 Å². The molecule has 1 aromatic carbocycles. The molecular weight excluding hydrogens is 297 g/mol. The van der Waals surface area contributed by atoms with Crippen LogP contribution in [0.25, 0.3) is 0 Å². The van der Waals surface area contributed by atoms with E-state index in [9.17, 15) is 13.2 Å². The molecule has 0 atom stereocenters. The van der Waals surface area contributed by atoms with Gasteiger partial charge in [-0.15, -0.1) is 0 Å². The zero-order valence-corrected chi connectivity index (χ0v) is 15.6. The van der Waals surface area contributed by atoms with E-state index in [2.05, 4.69) is 4.43 Å². The molecule has 0 N–H and O–H groups in total. The molecule has 122 valence electrons. The monoisotopic (exact) mass is 322 g/mol. The summed E-state index contributed by atoms with van der Waals surface area (Å²) in [5, 5.41) is 0. The Kier molecular flexibility index (Phi) is 8.85. The van der Waals surface area contributed by atoms with Crippen LogP contribution in [0.4, 0.5) is 13.2 Å². The van der Waals surface area contributed by atoms with Crippen molar-refractivity contribution in [3.8, 4) is 0 Å². The van der Waals surface area contributed by atoms with Crippen LogP contribution < -0.4 is 0 Å². The van der Waals surface area contributed by atoms with Crippen LogP contribution in [0.15, 0.2) is 12.1 Å². The molecule has 0 aliphatic rings. The quantitative estimate of drug-likeness (QED) is 0.775. The van der Waals surface area contributed by atoms with Gasteiger partial charge >= 0.3 is 0 Å². The number of benzene rings is 1. The zero-order chi connectivity index (χ0) is 16.6. The number of rotatable bonds is 5. The second kappa shape index (κ2) is 9.22. The maximum absolute atomic E-state index is 13.4. The zero-order valence-electron chi connectivity index (χ0n) is 13.6. The van der Waals surface area contributed by atoms with Gasteiger partial charge in [0.25, 0.3) is 0 Å². The van der Waals surface area contributed by atoms with Crippen LogP contribution >= 0.6 is 0 Å². The standard InChI is InChI=1S/C14H19F3O.CH6OSi/c1-9(2)18-14(3,4)6-5-11-12(16)7-10(15)8-13(11)17;1-2-3/h7-9H,5-6H2,1-4H3;1,3H3. The molecule has 2 nitrogen and oxygen atoms in total. The van der Waals surface area contributed by atoms with Gasteiger partial charge in [0.15, 0.2) is 0 Å². The molecule has 0 aromatic heterocycles. The summed E-state index contributed by atoms with van der Waals surface area (Å²) in [5.41, 5.74) is -0.557. The van der Waals surface area contributed by atoms with Crippen molar-refractivity contribution in [3.63, 3.8) is 0 Å². The number of hydrogen-bond acceptors (Lipinski definition) is 2. The summed E-state index contributed by atoms with van der Waals surface area (Å²) in [5.74, 6) is -2.58.